The van der Waals surface area contributed by atoms with Gasteiger partial charge in [0, 0.05) is 35.4 Å². The Morgan fingerprint density at radius 3 is 2.89 bits per heavy atom. The minimum atomic E-state index is -0.0223. The fourth-order valence-electron chi connectivity index (χ4n) is 2.08. The number of nitrogens with zero attached hydrogens (tertiary/aromatic N) is 2. The third kappa shape index (κ3) is 2.70. The number of hydrogen-bond donors (Lipinski definition) is 2. The van der Waals surface area contributed by atoms with E-state index in [1.54, 1.807) is 6.33 Å². The normalized spacial score (nSPS) is 13.1. The predicted octanol–water partition coefficient (Wildman–Crippen LogP) is 1.38. The van der Waals surface area contributed by atoms with Crippen LogP contribution < -0.4 is 10.6 Å². The monoisotopic (exact) mass is 266 g/mol. The molecular formula is C12H18N4OS. The summed E-state index contributed by atoms with van der Waals surface area (Å²) in [5, 5.41) is 1.85. The second kappa shape index (κ2) is 5.49. The van der Waals surface area contributed by atoms with Crippen LogP contribution in [0.5, 0.6) is 0 Å². The average Bonchev–Trinajstić information content (AvgIpc) is 2.90. The molecule has 1 unspecified atom stereocenters. The van der Waals surface area contributed by atoms with E-state index in [1.807, 2.05) is 11.6 Å². The topological polar surface area (TPSA) is 76.7 Å². The molecule has 0 saturated carbocycles. The molecule has 2 rings (SSSR count). The lowest BCUT2D eigenvalue weighted by Crippen LogP contribution is -2.21. The molecule has 1 atom stereocenters. The maximum Gasteiger partial charge on any atom is 0.304 e. The molecule has 0 radical (unpaired) electrons. The van der Waals surface area contributed by atoms with Gasteiger partial charge in [-0.3, -0.25) is 4.79 Å². The molecule has 0 bridgehead atoms. The first kappa shape index (κ1) is 13.0. The fraction of sp³-hybridized carbons (Fsp3) is 0.500. The molecule has 6 heteroatoms. The summed E-state index contributed by atoms with van der Waals surface area (Å²) >= 11 is 1.18. The average molecular weight is 266 g/mol. The lowest BCUT2D eigenvalue weighted by molar-refractivity contribution is 0.477. The predicted molar refractivity (Wildman–Crippen MR) is 72.9 cm³/mol. The van der Waals surface area contributed by atoms with Crippen molar-refractivity contribution >= 4 is 11.3 Å². The molecule has 2 aromatic heterocycles. The summed E-state index contributed by atoms with van der Waals surface area (Å²) in [5.41, 5.74) is 7.87. The first-order valence-electron chi connectivity index (χ1n) is 5.98. The summed E-state index contributed by atoms with van der Waals surface area (Å²) in [6.07, 6.45) is 3.65. The molecule has 0 amide bonds. The van der Waals surface area contributed by atoms with Crippen molar-refractivity contribution in [3.05, 3.63) is 39.0 Å². The van der Waals surface area contributed by atoms with Crippen LogP contribution in [0.15, 0.2) is 22.7 Å². The smallest absolute Gasteiger partial charge is 0.304 e. The van der Waals surface area contributed by atoms with Gasteiger partial charge in [0.2, 0.25) is 0 Å². The van der Waals surface area contributed by atoms with E-state index in [4.69, 9.17) is 5.73 Å². The first-order valence-corrected chi connectivity index (χ1v) is 6.86. The molecule has 2 aromatic rings. The summed E-state index contributed by atoms with van der Waals surface area (Å²) in [4.78, 5) is 18.1. The van der Waals surface area contributed by atoms with Crippen molar-refractivity contribution in [2.24, 2.45) is 11.7 Å². The number of aromatic nitrogens is 3. The number of nitrogens with two attached hydrogens (primary N) is 1. The van der Waals surface area contributed by atoms with E-state index in [2.05, 4.69) is 28.4 Å². The highest BCUT2D eigenvalue weighted by molar-refractivity contribution is 7.07. The van der Waals surface area contributed by atoms with E-state index >= 15 is 0 Å². The standard InChI is InChI=1S/C12H18N4OS/c1-8(2)10(3-13)11-4-14-7-16(11)5-9-6-18-12(17)15-9/h4,6-8,10H,3,5,13H2,1-2H3,(H,15,17). The van der Waals surface area contributed by atoms with Gasteiger partial charge in [0.05, 0.1) is 12.9 Å². The van der Waals surface area contributed by atoms with Crippen LogP contribution in [0, 0.1) is 5.92 Å². The van der Waals surface area contributed by atoms with E-state index < -0.39 is 0 Å². The number of hydrogen-bond acceptors (Lipinski definition) is 4. The SMILES string of the molecule is CC(C)C(CN)c1cncn1Cc1csc(=O)[nH]1. The summed E-state index contributed by atoms with van der Waals surface area (Å²) < 4.78 is 2.05. The molecule has 0 fully saturated rings. The Balaban J connectivity index is 2.24. The van der Waals surface area contributed by atoms with Gasteiger partial charge < -0.3 is 15.3 Å². The van der Waals surface area contributed by atoms with Gasteiger partial charge in [0.15, 0.2) is 0 Å². The molecule has 2 heterocycles. The molecule has 0 aliphatic heterocycles. The van der Waals surface area contributed by atoms with Gasteiger partial charge >= 0.3 is 4.87 Å². The van der Waals surface area contributed by atoms with E-state index in [9.17, 15) is 4.79 Å². The third-order valence-electron chi connectivity index (χ3n) is 3.09. The van der Waals surface area contributed by atoms with Crippen LogP contribution in [0.1, 0.15) is 31.2 Å². The molecule has 18 heavy (non-hydrogen) atoms. The van der Waals surface area contributed by atoms with Crippen LogP contribution in [-0.2, 0) is 6.54 Å². The zero-order valence-corrected chi connectivity index (χ0v) is 11.4. The molecule has 5 nitrogen and oxygen atoms in total. The van der Waals surface area contributed by atoms with Crippen LogP contribution in [-0.4, -0.2) is 21.1 Å². The fourth-order valence-corrected chi connectivity index (χ4v) is 2.65. The molecule has 0 aliphatic rings. The number of rotatable bonds is 5. The zero-order chi connectivity index (χ0) is 13.1. The van der Waals surface area contributed by atoms with E-state index in [1.165, 1.54) is 11.3 Å². The third-order valence-corrected chi connectivity index (χ3v) is 3.81. The van der Waals surface area contributed by atoms with Crippen molar-refractivity contribution in [1.82, 2.24) is 14.5 Å². The number of aromatic amines is 1. The van der Waals surface area contributed by atoms with Crippen LogP contribution in [0.3, 0.4) is 0 Å². The zero-order valence-electron chi connectivity index (χ0n) is 10.6. The molecule has 98 valence electrons. The van der Waals surface area contributed by atoms with Crippen molar-refractivity contribution < 1.29 is 0 Å². The Morgan fingerprint density at radius 2 is 2.33 bits per heavy atom. The largest absolute Gasteiger partial charge is 0.330 e. The Kier molecular flexibility index (Phi) is 3.98. The van der Waals surface area contributed by atoms with Crippen LogP contribution >= 0.6 is 11.3 Å². The van der Waals surface area contributed by atoms with Crippen molar-refractivity contribution in [2.45, 2.75) is 26.3 Å². The second-order valence-electron chi connectivity index (χ2n) is 4.71. The van der Waals surface area contributed by atoms with Gasteiger partial charge in [-0.1, -0.05) is 25.2 Å². The minimum absolute atomic E-state index is 0.0223. The Bertz CT molecular complexity index is 554. The Morgan fingerprint density at radius 1 is 1.56 bits per heavy atom. The summed E-state index contributed by atoms with van der Waals surface area (Å²) in [6.45, 7) is 5.55. The van der Waals surface area contributed by atoms with Gasteiger partial charge in [-0.05, 0) is 5.92 Å². The van der Waals surface area contributed by atoms with Crippen LogP contribution in [0.4, 0.5) is 0 Å². The maximum atomic E-state index is 11.1. The van der Waals surface area contributed by atoms with Gasteiger partial charge in [-0.25, -0.2) is 4.98 Å². The molecule has 0 spiro atoms. The van der Waals surface area contributed by atoms with Gasteiger partial charge in [-0.2, -0.15) is 0 Å². The first-order chi connectivity index (χ1) is 8.61. The van der Waals surface area contributed by atoms with Crippen LogP contribution in [0.25, 0.3) is 0 Å². The quantitative estimate of drug-likeness (QED) is 0.858. The molecular weight excluding hydrogens is 248 g/mol. The van der Waals surface area contributed by atoms with Gasteiger partial charge in [-0.15, -0.1) is 0 Å². The Hall–Kier alpha value is -1.40. The van der Waals surface area contributed by atoms with E-state index in [-0.39, 0.29) is 10.8 Å². The highest BCUT2D eigenvalue weighted by Gasteiger charge is 2.18. The van der Waals surface area contributed by atoms with Gasteiger partial charge in [0.25, 0.3) is 0 Å². The second-order valence-corrected chi connectivity index (χ2v) is 5.55. The van der Waals surface area contributed by atoms with Crippen molar-refractivity contribution in [3.8, 4) is 0 Å². The summed E-state index contributed by atoms with van der Waals surface area (Å²) in [6, 6.07) is 0. The van der Waals surface area contributed by atoms with Crippen LogP contribution in [0.2, 0.25) is 0 Å². The summed E-state index contributed by atoms with van der Waals surface area (Å²) in [7, 11) is 0. The minimum Gasteiger partial charge on any atom is -0.330 e. The van der Waals surface area contributed by atoms with Crippen molar-refractivity contribution in [1.29, 1.82) is 0 Å². The summed E-state index contributed by atoms with van der Waals surface area (Å²) in [5.74, 6) is 0.754. The maximum absolute atomic E-state index is 11.1. The lowest BCUT2D eigenvalue weighted by atomic mass is 9.93. The van der Waals surface area contributed by atoms with Gasteiger partial charge in [0.1, 0.15) is 0 Å². The number of thiazole rings is 1. The molecule has 0 aromatic carbocycles. The molecule has 3 N–H and O–H groups in total. The lowest BCUT2D eigenvalue weighted by Gasteiger charge is -2.20. The van der Waals surface area contributed by atoms with Crippen molar-refractivity contribution in [2.75, 3.05) is 6.54 Å². The molecule has 0 saturated heterocycles. The number of nitrogens with one attached hydrogen (secondary N) is 1. The van der Waals surface area contributed by atoms with E-state index in [0.29, 0.717) is 19.0 Å². The highest BCUT2D eigenvalue weighted by atomic mass is 32.1. The highest BCUT2D eigenvalue weighted by Crippen LogP contribution is 2.23. The van der Waals surface area contributed by atoms with E-state index in [0.717, 1.165) is 11.4 Å². The van der Waals surface area contributed by atoms with Crippen molar-refractivity contribution in [3.63, 3.8) is 0 Å². The number of H-pyrrole nitrogens is 1. The Labute approximate surface area is 110 Å². The molecule has 0 aliphatic carbocycles. The number of imidazole rings is 1.